The lowest BCUT2D eigenvalue weighted by molar-refractivity contribution is -0.394. The van der Waals surface area contributed by atoms with Crippen LogP contribution in [0.5, 0.6) is 11.5 Å². The van der Waals surface area contributed by atoms with Crippen molar-refractivity contribution in [1.29, 1.82) is 0 Å². The molecule has 0 atom stereocenters. The molecule has 28 heavy (non-hydrogen) atoms. The number of benzene rings is 2. The van der Waals surface area contributed by atoms with Gasteiger partial charge in [0.15, 0.2) is 6.61 Å². The zero-order valence-electron chi connectivity index (χ0n) is 13.7. The molecule has 0 spiro atoms. The zero-order valence-corrected chi connectivity index (χ0v) is 15.2. The molecule has 0 fully saturated rings. The number of hydrazone groups is 1. The molecule has 0 heterocycles. The lowest BCUT2D eigenvalue weighted by Crippen LogP contribution is -2.24. The van der Waals surface area contributed by atoms with Gasteiger partial charge in [-0.25, -0.2) is 5.43 Å². The van der Waals surface area contributed by atoms with Crippen molar-refractivity contribution < 1.29 is 24.5 Å². The highest BCUT2D eigenvalue weighted by Gasteiger charge is 2.23. The molecule has 2 rings (SSSR count). The van der Waals surface area contributed by atoms with Crippen molar-refractivity contribution in [2.24, 2.45) is 5.10 Å². The summed E-state index contributed by atoms with van der Waals surface area (Å²) < 4.78 is 5.18. The van der Waals surface area contributed by atoms with Gasteiger partial charge in [-0.15, -0.1) is 0 Å². The van der Waals surface area contributed by atoms with Gasteiger partial charge in [0.25, 0.3) is 11.6 Å². The third kappa shape index (κ3) is 5.28. The van der Waals surface area contributed by atoms with Crippen LogP contribution in [0.2, 0.25) is 10.0 Å². The molecular weight excluding hydrogens is 419 g/mol. The van der Waals surface area contributed by atoms with Crippen molar-refractivity contribution in [2.45, 2.75) is 0 Å². The molecule has 0 aliphatic carbocycles. The lowest BCUT2D eigenvalue weighted by Gasteiger charge is -2.07. The summed E-state index contributed by atoms with van der Waals surface area (Å²) in [5.74, 6) is -1.40. The molecule has 2 aromatic carbocycles. The van der Waals surface area contributed by atoms with Gasteiger partial charge in [0.05, 0.1) is 32.7 Å². The van der Waals surface area contributed by atoms with E-state index >= 15 is 0 Å². The van der Waals surface area contributed by atoms with Gasteiger partial charge in [0.1, 0.15) is 5.75 Å². The van der Waals surface area contributed by atoms with E-state index in [0.717, 1.165) is 12.3 Å². The fourth-order valence-electron chi connectivity index (χ4n) is 1.91. The first-order valence-electron chi connectivity index (χ1n) is 7.24. The topological polar surface area (TPSA) is 157 Å². The van der Waals surface area contributed by atoms with Gasteiger partial charge < -0.3 is 9.84 Å². The zero-order chi connectivity index (χ0) is 20.8. The highest BCUT2D eigenvalue weighted by molar-refractivity contribution is 6.34. The average molecular weight is 429 g/mol. The van der Waals surface area contributed by atoms with Crippen molar-refractivity contribution in [3.8, 4) is 11.5 Å². The minimum Gasteiger partial charge on any atom is -0.502 e. The molecule has 0 saturated carbocycles. The van der Waals surface area contributed by atoms with Crippen LogP contribution in [0.1, 0.15) is 5.56 Å². The van der Waals surface area contributed by atoms with Crippen molar-refractivity contribution in [2.75, 3.05) is 6.61 Å². The van der Waals surface area contributed by atoms with Crippen LogP contribution >= 0.6 is 23.2 Å². The van der Waals surface area contributed by atoms with Crippen molar-refractivity contribution in [1.82, 2.24) is 5.43 Å². The number of halogens is 2. The van der Waals surface area contributed by atoms with Gasteiger partial charge in [0.2, 0.25) is 5.75 Å². The SMILES string of the molecule is O=C(COc1cc(Cl)ccc1Cl)N/N=C/c1cc([N+](=O)[O-])cc([N+](=O)[O-])c1O. The predicted molar refractivity (Wildman–Crippen MR) is 99.1 cm³/mol. The van der Waals surface area contributed by atoms with Crippen LogP contribution in [-0.4, -0.2) is 33.7 Å². The Bertz CT molecular complexity index is 981. The number of nitrogens with one attached hydrogen (secondary N) is 1. The van der Waals surface area contributed by atoms with E-state index in [1.54, 1.807) is 0 Å². The fourth-order valence-corrected chi connectivity index (χ4v) is 2.24. The van der Waals surface area contributed by atoms with Gasteiger partial charge in [-0.2, -0.15) is 5.10 Å². The predicted octanol–water partition coefficient (Wildman–Crippen LogP) is 3.04. The first-order chi connectivity index (χ1) is 13.2. The Kier molecular flexibility index (Phi) is 6.69. The van der Waals surface area contributed by atoms with Crippen LogP contribution in [0.15, 0.2) is 35.4 Å². The molecule has 0 aliphatic heterocycles. The minimum atomic E-state index is -0.985. The van der Waals surface area contributed by atoms with E-state index < -0.39 is 39.5 Å². The molecular formula is C15H10Cl2N4O7. The Morgan fingerprint density at radius 2 is 1.93 bits per heavy atom. The maximum Gasteiger partial charge on any atom is 0.318 e. The smallest absolute Gasteiger partial charge is 0.318 e. The molecule has 0 saturated heterocycles. The number of hydrogen-bond acceptors (Lipinski definition) is 8. The maximum atomic E-state index is 11.7. The number of amides is 1. The number of carbonyl (C=O) groups excluding carboxylic acids is 1. The Morgan fingerprint density at radius 1 is 1.21 bits per heavy atom. The molecule has 2 aromatic rings. The molecule has 11 nitrogen and oxygen atoms in total. The largest absolute Gasteiger partial charge is 0.502 e. The third-order valence-electron chi connectivity index (χ3n) is 3.16. The Labute approximate surface area is 166 Å². The number of rotatable bonds is 7. The number of ether oxygens (including phenoxy) is 1. The van der Waals surface area contributed by atoms with E-state index in [0.29, 0.717) is 11.1 Å². The highest BCUT2D eigenvalue weighted by atomic mass is 35.5. The monoisotopic (exact) mass is 428 g/mol. The summed E-state index contributed by atoms with van der Waals surface area (Å²) in [5, 5.41) is 35.6. The summed E-state index contributed by atoms with van der Waals surface area (Å²) in [6, 6.07) is 5.88. The lowest BCUT2D eigenvalue weighted by atomic mass is 10.1. The Hall–Kier alpha value is -3.44. The average Bonchev–Trinajstić information content (AvgIpc) is 2.63. The second kappa shape index (κ2) is 8.97. The van der Waals surface area contributed by atoms with E-state index in [4.69, 9.17) is 27.9 Å². The number of phenols is 1. The number of carbonyl (C=O) groups is 1. The number of nitrogens with zero attached hydrogens (tertiary/aromatic N) is 3. The van der Waals surface area contributed by atoms with Crippen LogP contribution in [0.3, 0.4) is 0 Å². The van der Waals surface area contributed by atoms with Crippen LogP contribution < -0.4 is 10.2 Å². The van der Waals surface area contributed by atoms with Crippen molar-refractivity contribution in [3.63, 3.8) is 0 Å². The third-order valence-corrected chi connectivity index (χ3v) is 3.70. The normalized spacial score (nSPS) is 10.6. The number of non-ortho nitro benzene ring substituents is 1. The summed E-state index contributed by atoms with van der Waals surface area (Å²) in [6.07, 6.45) is 0.819. The molecule has 1 amide bonds. The molecule has 0 radical (unpaired) electrons. The summed E-state index contributed by atoms with van der Waals surface area (Å²) in [5.41, 5.74) is 0.203. The van der Waals surface area contributed by atoms with E-state index in [1.807, 2.05) is 5.43 Å². The summed E-state index contributed by atoms with van der Waals surface area (Å²) in [4.78, 5) is 31.6. The number of hydrogen-bond donors (Lipinski definition) is 2. The summed E-state index contributed by atoms with van der Waals surface area (Å²) >= 11 is 11.7. The van der Waals surface area contributed by atoms with Crippen LogP contribution in [-0.2, 0) is 4.79 Å². The highest BCUT2D eigenvalue weighted by Crippen LogP contribution is 2.33. The quantitative estimate of drug-likeness (QED) is 0.389. The van der Waals surface area contributed by atoms with Gasteiger partial charge in [-0.05, 0) is 12.1 Å². The van der Waals surface area contributed by atoms with E-state index in [-0.39, 0.29) is 16.3 Å². The summed E-state index contributed by atoms with van der Waals surface area (Å²) in [7, 11) is 0. The van der Waals surface area contributed by atoms with Crippen molar-refractivity contribution in [3.05, 3.63) is 66.2 Å². The molecule has 0 aliphatic rings. The van der Waals surface area contributed by atoms with Crippen molar-refractivity contribution >= 4 is 46.7 Å². The second-order valence-electron chi connectivity index (χ2n) is 5.07. The van der Waals surface area contributed by atoms with E-state index in [9.17, 15) is 30.1 Å². The van der Waals surface area contributed by atoms with Gasteiger partial charge >= 0.3 is 5.69 Å². The summed E-state index contributed by atoms with van der Waals surface area (Å²) in [6.45, 7) is -0.488. The Balaban J connectivity index is 2.07. The fraction of sp³-hybridized carbons (Fsp3) is 0.0667. The number of aromatic hydroxyl groups is 1. The first-order valence-corrected chi connectivity index (χ1v) is 8.00. The first kappa shape index (κ1) is 20.9. The van der Waals surface area contributed by atoms with E-state index in [2.05, 4.69) is 5.10 Å². The van der Waals surface area contributed by atoms with Crippen LogP contribution in [0.25, 0.3) is 0 Å². The van der Waals surface area contributed by atoms with Gasteiger partial charge in [0, 0.05) is 17.2 Å². The van der Waals surface area contributed by atoms with Gasteiger partial charge in [-0.3, -0.25) is 25.0 Å². The Morgan fingerprint density at radius 3 is 2.57 bits per heavy atom. The standard InChI is InChI=1S/C15H10Cl2N4O7/c16-9-1-2-11(17)13(4-9)28-7-14(22)19-18-6-8-3-10(20(24)25)5-12(15(8)23)21(26)27/h1-6,23H,7H2,(H,19,22)/b18-6+. The molecule has 0 unspecified atom stereocenters. The maximum absolute atomic E-state index is 11.7. The van der Waals surface area contributed by atoms with Gasteiger partial charge in [-0.1, -0.05) is 23.2 Å². The number of phenolic OH excluding ortho intramolecular Hbond substituents is 1. The number of nitro benzene ring substituents is 2. The van der Waals surface area contributed by atoms with Crippen LogP contribution in [0.4, 0.5) is 11.4 Å². The molecule has 146 valence electrons. The molecule has 0 bridgehead atoms. The molecule has 13 heteroatoms. The second-order valence-corrected chi connectivity index (χ2v) is 5.92. The molecule has 0 aromatic heterocycles. The van der Waals surface area contributed by atoms with Crippen LogP contribution in [0, 0.1) is 20.2 Å². The number of nitro groups is 2. The molecule has 2 N–H and O–H groups in total. The minimum absolute atomic E-state index is 0.167. The van der Waals surface area contributed by atoms with E-state index in [1.165, 1.54) is 18.2 Å².